The van der Waals surface area contributed by atoms with Gasteiger partial charge in [0.2, 0.25) is 5.88 Å². The largest absolute Gasteiger partial charge is 0.473 e. The zero-order chi connectivity index (χ0) is 26.8. The van der Waals surface area contributed by atoms with Crippen LogP contribution in [0.25, 0.3) is 22.3 Å². The number of imidazole rings is 1. The number of benzene rings is 3. The van der Waals surface area contributed by atoms with E-state index in [0.717, 1.165) is 36.3 Å². The van der Waals surface area contributed by atoms with Crippen molar-refractivity contribution in [1.82, 2.24) is 14.5 Å². The van der Waals surface area contributed by atoms with Crippen LogP contribution in [0.1, 0.15) is 29.8 Å². The van der Waals surface area contributed by atoms with E-state index < -0.39 is 5.82 Å². The summed E-state index contributed by atoms with van der Waals surface area (Å²) in [6, 6.07) is 22.7. The number of halogens is 3. The Bertz CT molecular complexity index is 1630. The highest BCUT2D eigenvalue weighted by molar-refractivity contribution is 6.30. The molecule has 0 radical (unpaired) electrons. The first kappa shape index (κ1) is 25.5. The van der Waals surface area contributed by atoms with E-state index in [4.69, 9.17) is 26.1 Å². The smallest absolute Gasteiger partial charge is 0.214 e. The van der Waals surface area contributed by atoms with Gasteiger partial charge in [-0.25, -0.2) is 18.7 Å². The van der Waals surface area contributed by atoms with E-state index >= 15 is 4.39 Å². The van der Waals surface area contributed by atoms with Crippen molar-refractivity contribution in [3.63, 3.8) is 0 Å². The fourth-order valence-corrected chi connectivity index (χ4v) is 5.08. The molecule has 1 atom stereocenters. The van der Waals surface area contributed by atoms with E-state index in [1.54, 1.807) is 36.4 Å². The molecule has 1 aliphatic heterocycles. The zero-order valence-corrected chi connectivity index (χ0v) is 21.9. The summed E-state index contributed by atoms with van der Waals surface area (Å²) in [6.45, 7) is 1.48. The molecule has 1 saturated heterocycles. The Balaban J connectivity index is 1.21. The number of hydrogen-bond donors (Lipinski definition) is 0. The van der Waals surface area contributed by atoms with Gasteiger partial charge in [-0.05, 0) is 54.8 Å². The van der Waals surface area contributed by atoms with Crippen LogP contribution in [0.2, 0.25) is 5.02 Å². The summed E-state index contributed by atoms with van der Waals surface area (Å²) in [4.78, 5) is 9.31. The SMILES string of the molecule is Fc1cc(Cl)ccc1COc1cccc(-c2ccc(Cc3nc4ccccc4n3C[C@@H]3CCCO3)c(F)c2)n1. The molecule has 8 heteroatoms. The first-order chi connectivity index (χ1) is 19.0. The highest BCUT2D eigenvalue weighted by Gasteiger charge is 2.20. The van der Waals surface area contributed by atoms with E-state index in [1.807, 2.05) is 30.3 Å². The molecule has 5 nitrogen and oxygen atoms in total. The van der Waals surface area contributed by atoms with Crippen LogP contribution in [-0.4, -0.2) is 27.2 Å². The number of para-hydroxylation sites is 2. The number of hydrogen-bond acceptors (Lipinski definition) is 4. The molecule has 1 aliphatic rings. The summed E-state index contributed by atoms with van der Waals surface area (Å²) in [5.74, 6) is 0.343. The molecule has 0 aliphatic carbocycles. The van der Waals surface area contributed by atoms with Gasteiger partial charge in [0.25, 0.3) is 0 Å². The molecular formula is C31H26ClF2N3O2. The average Bonchev–Trinajstić information content (AvgIpc) is 3.58. The summed E-state index contributed by atoms with van der Waals surface area (Å²) in [5, 5.41) is 0.321. The molecule has 0 spiro atoms. The van der Waals surface area contributed by atoms with Crippen molar-refractivity contribution in [3.05, 3.63) is 112 Å². The third-order valence-electron chi connectivity index (χ3n) is 6.96. The van der Waals surface area contributed by atoms with Crippen LogP contribution in [0.3, 0.4) is 0 Å². The average molecular weight is 546 g/mol. The Kier molecular flexibility index (Phi) is 7.26. The highest BCUT2D eigenvalue weighted by atomic mass is 35.5. The van der Waals surface area contributed by atoms with Crippen molar-refractivity contribution >= 4 is 22.6 Å². The molecule has 0 N–H and O–H groups in total. The Morgan fingerprint density at radius 1 is 0.923 bits per heavy atom. The lowest BCUT2D eigenvalue weighted by atomic mass is 10.1. The van der Waals surface area contributed by atoms with Crippen molar-refractivity contribution in [1.29, 1.82) is 0 Å². The van der Waals surface area contributed by atoms with Gasteiger partial charge >= 0.3 is 0 Å². The van der Waals surface area contributed by atoms with Crippen LogP contribution in [0, 0.1) is 11.6 Å². The molecule has 5 aromatic rings. The lowest BCUT2D eigenvalue weighted by Crippen LogP contribution is -2.17. The van der Waals surface area contributed by atoms with Crippen molar-refractivity contribution in [2.45, 2.75) is 38.5 Å². The Labute approximate surface area is 230 Å². The second-order valence-electron chi connectivity index (χ2n) is 9.63. The van der Waals surface area contributed by atoms with Gasteiger partial charge in [-0.3, -0.25) is 0 Å². The fourth-order valence-electron chi connectivity index (χ4n) is 4.92. The van der Waals surface area contributed by atoms with E-state index in [2.05, 4.69) is 9.55 Å². The molecule has 1 fully saturated rings. The Morgan fingerprint density at radius 2 is 1.77 bits per heavy atom. The zero-order valence-electron chi connectivity index (χ0n) is 21.1. The van der Waals surface area contributed by atoms with Gasteiger partial charge in [0.05, 0.1) is 29.4 Å². The second-order valence-corrected chi connectivity index (χ2v) is 10.1. The molecule has 0 bridgehead atoms. The minimum atomic E-state index is -0.444. The van der Waals surface area contributed by atoms with Gasteiger partial charge in [0.15, 0.2) is 0 Å². The Hall–Kier alpha value is -3.81. The minimum absolute atomic E-state index is 0.000345. The molecular weight excluding hydrogens is 520 g/mol. The van der Waals surface area contributed by atoms with Gasteiger partial charge in [-0.2, -0.15) is 0 Å². The molecule has 6 rings (SSSR count). The monoisotopic (exact) mass is 545 g/mol. The van der Waals surface area contributed by atoms with Crippen molar-refractivity contribution in [2.24, 2.45) is 0 Å². The third kappa shape index (κ3) is 5.65. The first-order valence-corrected chi connectivity index (χ1v) is 13.3. The number of pyridine rings is 1. The summed E-state index contributed by atoms with van der Waals surface area (Å²) < 4.78 is 43.2. The summed E-state index contributed by atoms with van der Waals surface area (Å²) in [5.41, 5.74) is 4.01. The highest BCUT2D eigenvalue weighted by Crippen LogP contribution is 2.27. The van der Waals surface area contributed by atoms with Gasteiger partial charge in [-0.1, -0.05) is 48.0 Å². The number of fused-ring (bicyclic) bond motifs is 1. The van der Waals surface area contributed by atoms with Gasteiger partial charge in [-0.15, -0.1) is 0 Å². The maximum atomic E-state index is 15.4. The molecule has 0 saturated carbocycles. The molecule has 198 valence electrons. The molecule has 3 aromatic carbocycles. The normalized spacial score (nSPS) is 15.2. The number of nitrogens with zero attached hydrogens (tertiary/aromatic N) is 3. The molecule has 0 amide bonds. The van der Waals surface area contributed by atoms with Crippen molar-refractivity contribution in [3.8, 4) is 17.1 Å². The van der Waals surface area contributed by atoms with Crippen molar-refractivity contribution < 1.29 is 18.3 Å². The molecule has 3 heterocycles. The summed E-state index contributed by atoms with van der Waals surface area (Å²) >= 11 is 5.82. The van der Waals surface area contributed by atoms with Crippen LogP contribution in [0.4, 0.5) is 8.78 Å². The lowest BCUT2D eigenvalue weighted by molar-refractivity contribution is 0.0973. The van der Waals surface area contributed by atoms with E-state index in [-0.39, 0.29) is 18.5 Å². The number of aromatic nitrogens is 3. The predicted molar refractivity (Wildman–Crippen MR) is 147 cm³/mol. The van der Waals surface area contributed by atoms with Crippen LogP contribution in [0.15, 0.2) is 78.9 Å². The standard InChI is InChI=1S/C31H26ClF2N3O2/c32-23-13-12-22(26(34)17-23)19-39-31-9-3-7-27(36-31)21-11-10-20(25(33)15-21)16-30-35-28-6-1-2-8-29(28)37(30)18-24-5-4-14-38-24/h1-3,6-13,15,17,24H,4-5,14,16,18-19H2/t24-/m0/s1. The van der Waals surface area contributed by atoms with Crippen LogP contribution < -0.4 is 4.74 Å². The van der Waals surface area contributed by atoms with Crippen LogP contribution in [0.5, 0.6) is 5.88 Å². The number of rotatable bonds is 8. The topological polar surface area (TPSA) is 49.2 Å². The number of ether oxygens (including phenoxy) is 2. The molecule has 2 aromatic heterocycles. The van der Waals surface area contributed by atoms with Gasteiger partial charge < -0.3 is 14.0 Å². The predicted octanol–water partition coefficient (Wildman–Crippen LogP) is 7.38. The van der Waals surface area contributed by atoms with E-state index in [9.17, 15) is 4.39 Å². The second kappa shape index (κ2) is 11.1. The van der Waals surface area contributed by atoms with E-state index in [1.165, 1.54) is 12.1 Å². The lowest BCUT2D eigenvalue weighted by Gasteiger charge is -2.15. The maximum Gasteiger partial charge on any atom is 0.214 e. The van der Waals surface area contributed by atoms with Gasteiger partial charge in [0, 0.05) is 35.2 Å². The first-order valence-electron chi connectivity index (χ1n) is 12.9. The Morgan fingerprint density at radius 3 is 2.59 bits per heavy atom. The third-order valence-corrected chi connectivity index (χ3v) is 7.19. The van der Waals surface area contributed by atoms with Crippen molar-refractivity contribution in [2.75, 3.05) is 6.61 Å². The van der Waals surface area contributed by atoms with E-state index in [0.29, 0.717) is 46.3 Å². The maximum absolute atomic E-state index is 15.4. The quantitative estimate of drug-likeness (QED) is 0.204. The minimum Gasteiger partial charge on any atom is -0.473 e. The fraction of sp³-hybridized carbons (Fsp3) is 0.226. The van der Waals surface area contributed by atoms with Crippen LogP contribution in [-0.2, 0) is 24.3 Å². The summed E-state index contributed by atoms with van der Waals surface area (Å²) in [6.07, 6.45) is 2.57. The van der Waals surface area contributed by atoms with Gasteiger partial charge in [0.1, 0.15) is 24.1 Å². The summed E-state index contributed by atoms with van der Waals surface area (Å²) in [7, 11) is 0. The molecule has 0 unspecified atom stereocenters. The molecule has 39 heavy (non-hydrogen) atoms. The van der Waals surface area contributed by atoms with Crippen LogP contribution >= 0.6 is 11.6 Å².